The number of anilines is 2. The minimum atomic E-state index is -4.66. The van der Waals surface area contributed by atoms with Crippen LogP contribution in [0.25, 0.3) is 33.3 Å². The van der Waals surface area contributed by atoms with Crippen molar-refractivity contribution in [2.24, 2.45) is 5.92 Å². The Morgan fingerprint density at radius 2 is 1.72 bits per heavy atom. The van der Waals surface area contributed by atoms with Crippen LogP contribution in [-0.4, -0.2) is 49.6 Å². The van der Waals surface area contributed by atoms with Gasteiger partial charge in [0.2, 0.25) is 0 Å². The molecular weight excluding hydrogens is 599 g/mol. The molecule has 1 aliphatic rings. The highest BCUT2D eigenvalue weighted by molar-refractivity contribution is 5.99. The Bertz CT molecular complexity index is 1960. The third kappa shape index (κ3) is 6.26. The normalized spacial score (nSPS) is 15.3. The molecule has 0 radical (unpaired) electrons. The van der Waals surface area contributed by atoms with E-state index in [1.165, 1.54) is 6.07 Å². The summed E-state index contributed by atoms with van der Waals surface area (Å²) >= 11 is 0. The van der Waals surface area contributed by atoms with Crippen molar-refractivity contribution in [2.45, 2.75) is 58.4 Å². The van der Waals surface area contributed by atoms with Crippen molar-refractivity contribution in [3.63, 3.8) is 0 Å². The average Bonchev–Trinajstić information content (AvgIpc) is 3.42. The summed E-state index contributed by atoms with van der Waals surface area (Å²) in [5.74, 6) is -0.120. The molecule has 0 bridgehead atoms. The van der Waals surface area contributed by atoms with E-state index in [9.17, 15) is 22.8 Å². The first kappa shape index (κ1) is 31.1. The fourth-order valence-corrected chi connectivity index (χ4v) is 5.83. The number of aromatic nitrogens is 5. The fraction of sp³-hybridized carbons (Fsp3) is 0.364. The lowest BCUT2D eigenvalue weighted by Gasteiger charge is -2.35. The van der Waals surface area contributed by atoms with Gasteiger partial charge in [0, 0.05) is 30.9 Å². The van der Waals surface area contributed by atoms with Crippen LogP contribution in [0.15, 0.2) is 59.7 Å². The third-order valence-corrected chi connectivity index (χ3v) is 7.97. The monoisotopic (exact) mass is 633 g/mol. The van der Waals surface area contributed by atoms with E-state index in [4.69, 9.17) is 4.74 Å². The van der Waals surface area contributed by atoms with Gasteiger partial charge < -0.3 is 24.9 Å². The zero-order valence-electron chi connectivity index (χ0n) is 25.8. The zero-order chi connectivity index (χ0) is 32.8. The minimum Gasteiger partial charge on any atom is -0.460 e. The number of carbonyl (C=O) groups excluding carboxylic acids is 1. The number of H-pyrrole nitrogens is 2. The summed E-state index contributed by atoms with van der Waals surface area (Å²) in [6.45, 7) is 7.69. The van der Waals surface area contributed by atoms with E-state index in [1.807, 2.05) is 19.1 Å². The Hall–Kier alpha value is -4.94. The van der Waals surface area contributed by atoms with Gasteiger partial charge in [-0.05, 0) is 64.8 Å². The van der Waals surface area contributed by atoms with E-state index >= 15 is 0 Å². The Morgan fingerprint density at radius 1 is 1.02 bits per heavy atom. The maximum absolute atomic E-state index is 14.4. The lowest BCUT2D eigenvalue weighted by atomic mass is 9.95. The van der Waals surface area contributed by atoms with Gasteiger partial charge in [-0.3, -0.25) is 9.59 Å². The highest BCUT2D eigenvalue weighted by Gasteiger charge is 2.38. The molecule has 6 rings (SSSR count). The van der Waals surface area contributed by atoms with Crippen LogP contribution in [0, 0.1) is 5.92 Å². The standard InChI is InChI=1S/C33H34F3N7O3/c1-18(28-37-12-7-13-38-28)39-27-20-8-5-6-9-22(20)42-30(44)26(27)29-40-23-16-21(33(34,35)36)25(17-24(23)41-29)43-14-10-19(11-15-43)31(45)46-32(2,3)4/h5-9,12-13,16-19H,10-11,14-15H2,1-4H3,(H,40,41)(H2,39,42,44)/t18-/m0/s1. The number of hydrogen-bond acceptors (Lipinski definition) is 8. The topological polar surface area (TPSA) is 129 Å². The van der Waals surface area contributed by atoms with E-state index < -0.39 is 28.9 Å². The largest absolute Gasteiger partial charge is 0.460 e. The molecule has 13 heteroatoms. The Kier molecular flexibility index (Phi) is 7.95. The molecule has 0 unspecified atom stereocenters. The van der Waals surface area contributed by atoms with E-state index in [1.54, 1.807) is 56.3 Å². The van der Waals surface area contributed by atoms with Crippen molar-refractivity contribution < 1.29 is 22.7 Å². The average molecular weight is 634 g/mol. The van der Waals surface area contributed by atoms with Crippen LogP contribution in [-0.2, 0) is 15.7 Å². The van der Waals surface area contributed by atoms with Crippen LogP contribution < -0.4 is 15.8 Å². The summed E-state index contributed by atoms with van der Waals surface area (Å²) in [5.41, 5.74) is -0.402. The van der Waals surface area contributed by atoms with Gasteiger partial charge in [0.1, 0.15) is 22.8 Å². The van der Waals surface area contributed by atoms with Gasteiger partial charge in [-0.2, -0.15) is 13.2 Å². The number of aromatic amines is 2. The molecule has 0 saturated carbocycles. The Labute approximate surface area is 262 Å². The maximum Gasteiger partial charge on any atom is 0.418 e. The lowest BCUT2D eigenvalue weighted by Crippen LogP contribution is -2.39. The second-order valence-corrected chi connectivity index (χ2v) is 12.5. The molecule has 2 aromatic carbocycles. The quantitative estimate of drug-likeness (QED) is 0.178. The predicted octanol–water partition coefficient (Wildman–Crippen LogP) is 6.61. The van der Waals surface area contributed by atoms with Crippen LogP contribution in [0.2, 0.25) is 0 Å². The highest BCUT2D eigenvalue weighted by atomic mass is 19.4. The van der Waals surface area contributed by atoms with Crippen molar-refractivity contribution in [2.75, 3.05) is 23.3 Å². The maximum atomic E-state index is 14.4. The molecule has 46 heavy (non-hydrogen) atoms. The number of pyridine rings is 1. The number of para-hydroxylation sites is 1. The summed E-state index contributed by atoms with van der Waals surface area (Å²) in [5, 5.41) is 4.03. The van der Waals surface area contributed by atoms with Crippen molar-refractivity contribution in [3.8, 4) is 11.4 Å². The number of nitrogens with zero attached hydrogens (tertiary/aromatic N) is 4. The minimum absolute atomic E-state index is 0.0266. The second kappa shape index (κ2) is 11.8. The van der Waals surface area contributed by atoms with Crippen molar-refractivity contribution in [1.82, 2.24) is 24.9 Å². The number of imidazole rings is 1. The molecule has 3 N–H and O–H groups in total. The van der Waals surface area contributed by atoms with E-state index in [2.05, 4.69) is 30.2 Å². The number of hydrogen-bond donors (Lipinski definition) is 3. The second-order valence-electron chi connectivity index (χ2n) is 12.5. The molecule has 10 nitrogen and oxygen atoms in total. The number of esters is 1. The van der Waals surface area contributed by atoms with Crippen LogP contribution >= 0.6 is 0 Å². The van der Waals surface area contributed by atoms with Gasteiger partial charge in [0.25, 0.3) is 5.56 Å². The molecule has 0 aliphatic carbocycles. The number of carbonyl (C=O) groups is 1. The number of benzene rings is 2. The SMILES string of the molecule is C[C@H](Nc1c(-c2nc3cc(N4CCC(C(=O)OC(C)(C)C)CC4)c(C(F)(F)F)cc3[nH]2)c(=O)[nH]c2ccccc12)c1ncccn1. The number of rotatable bonds is 6. The highest BCUT2D eigenvalue weighted by Crippen LogP contribution is 2.41. The summed E-state index contributed by atoms with van der Waals surface area (Å²) in [6.07, 6.45) is -0.699. The fourth-order valence-electron chi connectivity index (χ4n) is 5.83. The molecule has 5 aromatic rings. The molecule has 0 spiro atoms. The van der Waals surface area contributed by atoms with Crippen molar-refractivity contribution in [1.29, 1.82) is 0 Å². The molecular formula is C33H34F3N7O3. The van der Waals surface area contributed by atoms with Crippen molar-refractivity contribution >= 4 is 39.3 Å². The number of alkyl halides is 3. The van der Waals surface area contributed by atoms with Gasteiger partial charge in [0.15, 0.2) is 0 Å². The van der Waals surface area contributed by atoms with Crippen LogP contribution in [0.1, 0.15) is 58.0 Å². The summed E-state index contributed by atoms with van der Waals surface area (Å²) < 4.78 is 48.8. The van der Waals surface area contributed by atoms with Gasteiger partial charge in [-0.1, -0.05) is 18.2 Å². The smallest absolute Gasteiger partial charge is 0.418 e. The summed E-state index contributed by atoms with van der Waals surface area (Å²) in [7, 11) is 0. The number of fused-ring (bicyclic) bond motifs is 2. The lowest BCUT2D eigenvalue weighted by molar-refractivity contribution is -0.160. The van der Waals surface area contributed by atoms with Crippen LogP contribution in [0.3, 0.4) is 0 Å². The van der Waals surface area contributed by atoms with E-state index in [0.29, 0.717) is 35.3 Å². The molecule has 1 fully saturated rings. The summed E-state index contributed by atoms with van der Waals surface area (Å²) in [6, 6.07) is 10.9. The van der Waals surface area contributed by atoms with Gasteiger partial charge in [-0.25, -0.2) is 15.0 Å². The summed E-state index contributed by atoms with van der Waals surface area (Å²) in [4.78, 5) is 46.9. The van der Waals surface area contributed by atoms with Crippen LogP contribution in [0.4, 0.5) is 24.5 Å². The Morgan fingerprint density at radius 3 is 2.39 bits per heavy atom. The first-order chi connectivity index (χ1) is 21.8. The number of nitrogens with one attached hydrogen (secondary N) is 3. The van der Waals surface area contributed by atoms with E-state index in [0.717, 1.165) is 6.07 Å². The van der Waals surface area contributed by atoms with E-state index in [-0.39, 0.29) is 53.1 Å². The molecule has 1 saturated heterocycles. The van der Waals surface area contributed by atoms with Gasteiger partial charge >= 0.3 is 12.1 Å². The molecule has 240 valence electrons. The molecule has 1 aliphatic heterocycles. The zero-order valence-corrected chi connectivity index (χ0v) is 25.8. The van der Waals surface area contributed by atoms with Gasteiger partial charge in [-0.15, -0.1) is 0 Å². The first-order valence-corrected chi connectivity index (χ1v) is 15.1. The molecule has 0 amide bonds. The van der Waals surface area contributed by atoms with Crippen molar-refractivity contribution in [3.05, 3.63) is 76.6 Å². The molecule has 4 heterocycles. The first-order valence-electron chi connectivity index (χ1n) is 15.1. The predicted molar refractivity (Wildman–Crippen MR) is 170 cm³/mol. The number of piperidine rings is 1. The Balaban J connectivity index is 1.40. The number of ether oxygens (including phenoxy) is 1. The van der Waals surface area contributed by atoms with Crippen LogP contribution in [0.5, 0.6) is 0 Å². The third-order valence-electron chi connectivity index (χ3n) is 7.97. The van der Waals surface area contributed by atoms with Gasteiger partial charge in [0.05, 0.1) is 45.4 Å². The molecule has 1 atom stereocenters. The number of halogens is 3. The molecule has 3 aromatic heterocycles.